The number of methoxy groups -OCH3 is 2. The topological polar surface area (TPSA) is 30.5 Å². The zero-order valence-corrected chi connectivity index (χ0v) is 11.2. The molecule has 4 heteroatoms. The molecule has 1 unspecified atom stereocenters. The Bertz CT molecular complexity index is 364. The molecule has 1 heterocycles. The molecule has 1 N–H and O–H groups in total. The molecule has 0 radical (unpaired) electrons. The average Bonchev–Trinajstić information content (AvgIpc) is 2.89. The molecule has 0 bridgehead atoms. The molecule has 1 atom stereocenters. The molecule has 1 aromatic rings. The van der Waals surface area contributed by atoms with E-state index in [-0.39, 0.29) is 0 Å². The van der Waals surface area contributed by atoms with Crippen molar-refractivity contribution in [1.82, 2.24) is 5.32 Å². The first-order chi connectivity index (χ1) is 8.33. The van der Waals surface area contributed by atoms with Crippen molar-refractivity contribution in [3.05, 3.63) is 18.2 Å². The number of rotatable bonds is 5. The van der Waals surface area contributed by atoms with Crippen LogP contribution in [-0.2, 0) is 0 Å². The van der Waals surface area contributed by atoms with Crippen molar-refractivity contribution in [2.75, 3.05) is 26.5 Å². The molecular weight excluding hydrogens is 234 g/mol. The molecule has 0 spiro atoms. The summed E-state index contributed by atoms with van der Waals surface area (Å²) in [4.78, 5) is 1.23. The molecule has 1 saturated heterocycles. The fourth-order valence-corrected chi connectivity index (χ4v) is 3.03. The minimum Gasteiger partial charge on any atom is -0.493 e. The second kappa shape index (κ2) is 6.17. The maximum atomic E-state index is 5.29. The molecule has 0 saturated carbocycles. The number of nitrogens with one attached hydrogen (secondary N) is 1. The quantitative estimate of drug-likeness (QED) is 0.817. The molecule has 94 valence electrons. The SMILES string of the molecule is COc1ccc(SCC2CCCN2)cc1OC. The third-order valence-electron chi connectivity index (χ3n) is 2.97. The maximum absolute atomic E-state index is 5.29. The summed E-state index contributed by atoms with van der Waals surface area (Å²) >= 11 is 1.87. The Balaban J connectivity index is 1.95. The molecule has 1 fully saturated rings. The first-order valence-corrected chi connectivity index (χ1v) is 6.90. The predicted octanol–water partition coefficient (Wildman–Crippen LogP) is 2.55. The van der Waals surface area contributed by atoms with Gasteiger partial charge in [0.25, 0.3) is 0 Å². The fraction of sp³-hybridized carbons (Fsp3) is 0.538. The van der Waals surface area contributed by atoms with Crippen LogP contribution < -0.4 is 14.8 Å². The van der Waals surface area contributed by atoms with Gasteiger partial charge < -0.3 is 14.8 Å². The van der Waals surface area contributed by atoms with Gasteiger partial charge in [-0.3, -0.25) is 0 Å². The van der Waals surface area contributed by atoms with Gasteiger partial charge in [0.1, 0.15) is 0 Å². The van der Waals surface area contributed by atoms with Crippen LogP contribution >= 0.6 is 11.8 Å². The summed E-state index contributed by atoms with van der Waals surface area (Å²) < 4.78 is 10.5. The van der Waals surface area contributed by atoms with E-state index in [1.165, 1.54) is 17.7 Å². The first-order valence-electron chi connectivity index (χ1n) is 5.91. The van der Waals surface area contributed by atoms with Gasteiger partial charge in [0.05, 0.1) is 14.2 Å². The van der Waals surface area contributed by atoms with E-state index in [4.69, 9.17) is 9.47 Å². The summed E-state index contributed by atoms with van der Waals surface area (Å²) in [6.07, 6.45) is 2.59. The summed E-state index contributed by atoms with van der Waals surface area (Å²) in [7, 11) is 3.33. The van der Waals surface area contributed by atoms with Crippen molar-refractivity contribution in [2.45, 2.75) is 23.8 Å². The Morgan fingerprint density at radius 1 is 1.29 bits per heavy atom. The van der Waals surface area contributed by atoms with E-state index in [9.17, 15) is 0 Å². The van der Waals surface area contributed by atoms with Gasteiger partial charge in [0.2, 0.25) is 0 Å². The molecule has 17 heavy (non-hydrogen) atoms. The van der Waals surface area contributed by atoms with Gasteiger partial charge in [-0.25, -0.2) is 0 Å². The molecule has 0 aromatic heterocycles. The number of benzene rings is 1. The minimum atomic E-state index is 0.660. The van der Waals surface area contributed by atoms with E-state index >= 15 is 0 Å². The molecule has 1 aliphatic rings. The predicted molar refractivity (Wildman–Crippen MR) is 71.3 cm³/mol. The lowest BCUT2D eigenvalue weighted by Crippen LogP contribution is -2.23. The molecule has 0 aliphatic carbocycles. The van der Waals surface area contributed by atoms with Crippen molar-refractivity contribution >= 4 is 11.8 Å². The van der Waals surface area contributed by atoms with Crippen molar-refractivity contribution in [3.63, 3.8) is 0 Å². The zero-order chi connectivity index (χ0) is 12.1. The Morgan fingerprint density at radius 2 is 2.12 bits per heavy atom. The summed E-state index contributed by atoms with van der Waals surface area (Å²) in [5.74, 6) is 2.71. The van der Waals surface area contributed by atoms with Gasteiger partial charge in [0.15, 0.2) is 11.5 Å². The van der Waals surface area contributed by atoms with Gasteiger partial charge in [-0.2, -0.15) is 0 Å². The Kier molecular flexibility index (Phi) is 4.57. The van der Waals surface area contributed by atoms with Crippen LogP contribution in [0.5, 0.6) is 11.5 Å². The van der Waals surface area contributed by atoms with Crippen LogP contribution in [0, 0.1) is 0 Å². The Labute approximate surface area is 107 Å². The molecule has 1 aromatic carbocycles. The minimum absolute atomic E-state index is 0.660. The highest BCUT2D eigenvalue weighted by molar-refractivity contribution is 7.99. The summed E-state index contributed by atoms with van der Waals surface area (Å²) in [6, 6.07) is 6.75. The highest BCUT2D eigenvalue weighted by Gasteiger charge is 2.14. The molecule has 1 aliphatic heterocycles. The third kappa shape index (κ3) is 3.30. The largest absolute Gasteiger partial charge is 0.493 e. The van der Waals surface area contributed by atoms with Gasteiger partial charge in [-0.05, 0) is 37.6 Å². The third-order valence-corrected chi connectivity index (χ3v) is 4.12. The highest BCUT2D eigenvalue weighted by atomic mass is 32.2. The van der Waals surface area contributed by atoms with Crippen LogP contribution in [0.1, 0.15) is 12.8 Å². The van der Waals surface area contributed by atoms with Crippen LogP contribution in [0.2, 0.25) is 0 Å². The van der Waals surface area contributed by atoms with Crippen LogP contribution in [0.15, 0.2) is 23.1 Å². The molecule has 3 nitrogen and oxygen atoms in total. The molecule has 2 rings (SSSR count). The summed E-state index contributed by atoms with van der Waals surface area (Å²) in [5.41, 5.74) is 0. The van der Waals surface area contributed by atoms with Crippen LogP contribution in [-0.4, -0.2) is 32.6 Å². The number of thioether (sulfide) groups is 1. The van der Waals surface area contributed by atoms with Crippen LogP contribution in [0.4, 0.5) is 0 Å². The second-order valence-corrected chi connectivity index (χ2v) is 5.21. The van der Waals surface area contributed by atoms with E-state index in [1.807, 2.05) is 23.9 Å². The standard InChI is InChI=1S/C13H19NO2S/c1-15-12-6-5-11(8-13(12)16-2)17-9-10-4-3-7-14-10/h5-6,8,10,14H,3-4,7,9H2,1-2H3. The lowest BCUT2D eigenvalue weighted by molar-refractivity contribution is 0.354. The monoisotopic (exact) mass is 253 g/mol. The van der Waals surface area contributed by atoms with Gasteiger partial charge >= 0.3 is 0 Å². The van der Waals surface area contributed by atoms with E-state index in [0.29, 0.717) is 6.04 Å². The smallest absolute Gasteiger partial charge is 0.161 e. The van der Waals surface area contributed by atoms with Crippen molar-refractivity contribution in [1.29, 1.82) is 0 Å². The lowest BCUT2D eigenvalue weighted by Gasteiger charge is -2.11. The van der Waals surface area contributed by atoms with Gasteiger partial charge in [0, 0.05) is 16.7 Å². The van der Waals surface area contributed by atoms with Crippen molar-refractivity contribution in [3.8, 4) is 11.5 Å². The molecular formula is C13H19NO2S. The van der Waals surface area contributed by atoms with Gasteiger partial charge in [-0.1, -0.05) is 0 Å². The van der Waals surface area contributed by atoms with Crippen molar-refractivity contribution in [2.24, 2.45) is 0 Å². The number of ether oxygens (including phenoxy) is 2. The van der Waals surface area contributed by atoms with E-state index in [0.717, 1.165) is 23.8 Å². The zero-order valence-electron chi connectivity index (χ0n) is 10.4. The second-order valence-electron chi connectivity index (χ2n) is 4.12. The summed E-state index contributed by atoms with van der Waals surface area (Å²) in [5, 5.41) is 3.50. The Hall–Kier alpha value is -0.870. The fourth-order valence-electron chi connectivity index (χ4n) is 2.00. The summed E-state index contributed by atoms with van der Waals surface area (Å²) in [6.45, 7) is 1.16. The lowest BCUT2D eigenvalue weighted by atomic mass is 10.3. The normalized spacial score (nSPS) is 19.3. The van der Waals surface area contributed by atoms with E-state index in [2.05, 4.69) is 11.4 Å². The van der Waals surface area contributed by atoms with Gasteiger partial charge in [-0.15, -0.1) is 11.8 Å². The maximum Gasteiger partial charge on any atom is 0.161 e. The van der Waals surface area contributed by atoms with Crippen molar-refractivity contribution < 1.29 is 9.47 Å². The number of hydrogen-bond donors (Lipinski definition) is 1. The van der Waals surface area contributed by atoms with E-state index in [1.54, 1.807) is 14.2 Å². The van der Waals surface area contributed by atoms with Crippen LogP contribution in [0.3, 0.4) is 0 Å². The Morgan fingerprint density at radius 3 is 2.76 bits per heavy atom. The molecule has 0 amide bonds. The first kappa shape index (κ1) is 12.6. The number of hydrogen-bond acceptors (Lipinski definition) is 4. The average molecular weight is 253 g/mol. The van der Waals surface area contributed by atoms with E-state index < -0.39 is 0 Å². The highest BCUT2D eigenvalue weighted by Crippen LogP contribution is 2.32. The van der Waals surface area contributed by atoms with Crippen LogP contribution in [0.25, 0.3) is 0 Å².